The van der Waals surface area contributed by atoms with Crippen LogP contribution >= 0.6 is 23.2 Å². The van der Waals surface area contributed by atoms with Crippen molar-refractivity contribution in [1.29, 1.82) is 5.41 Å². The molecule has 3 N–H and O–H groups in total. The third-order valence-corrected chi connectivity index (χ3v) is 3.09. The summed E-state index contributed by atoms with van der Waals surface area (Å²) in [7, 11) is 0. The summed E-state index contributed by atoms with van der Waals surface area (Å²) in [5.41, 5.74) is 6.98. The first kappa shape index (κ1) is 13.7. The fourth-order valence-corrected chi connectivity index (χ4v) is 1.94. The highest BCUT2D eigenvalue weighted by Crippen LogP contribution is 2.32. The molecule has 98 valence electrons. The summed E-state index contributed by atoms with van der Waals surface area (Å²) in [6, 6.07) is 10.4. The number of nitrogens with one attached hydrogen (secondary N) is 1. The topological polar surface area (TPSA) is 59.1 Å². The summed E-state index contributed by atoms with van der Waals surface area (Å²) in [5, 5.41) is 8.53. The quantitative estimate of drug-likeness (QED) is 0.652. The number of rotatable bonds is 3. The highest BCUT2D eigenvalue weighted by molar-refractivity contribution is 6.32. The lowest BCUT2D eigenvalue weighted by Crippen LogP contribution is -2.12. The van der Waals surface area contributed by atoms with Gasteiger partial charge >= 0.3 is 0 Å². The predicted molar refractivity (Wildman–Crippen MR) is 78.7 cm³/mol. The molecule has 2 rings (SSSR count). The summed E-state index contributed by atoms with van der Waals surface area (Å²) in [5.74, 6) is 0.858. The molecule has 19 heavy (non-hydrogen) atoms. The molecule has 0 bridgehead atoms. The molecule has 0 aliphatic heterocycles. The van der Waals surface area contributed by atoms with Crippen LogP contribution in [0.1, 0.15) is 11.1 Å². The minimum Gasteiger partial charge on any atom is -0.455 e. The summed E-state index contributed by atoms with van der Waals surface area (Å²) in [6.45, 7) is 1.94. The minimum atomic E-state index is -0.110. The van der Waals surface area contributed by atoms with E-state index in [4.69, 9.17) is 39.1 Å². The highest BCUT2D eigenvalue weighted by atomic mass is 35.5. The van der Waals surface area contributed by atoms with E-state index < -0.39 is 0 Å². The van der Waals surface area contributed by atoms with Crippen molar-refractivity contribution >= 4 is 29.0 Å². The van der Waals surface area contributed by atoms with Gasteiger partial charge in [0, 0.05) is 5.02 Å². The minimum absolute atomic E-state index is 0.110. The molecule has 0 aliphatic rings. The van der Waals surface area contributed by atoms with E-state index in [1.807, 2.05) is 19.1 Å². The largest absolute Gasteiger partial charge is 0.455 e. The molecule has 0 heterocycles. The van der Waals surface area contributed by atoms with Crippen molar-refractivity contribution in [2.24, 2.45) is 5.73 Å². The Kier molecular flexibility index (Phi) is 3.98. The molecule has 0 spiro atoms. The first-order chi connectivity index (χ1) is 8.97. The van der Waals surface area contributed by atoms with E-state index in [1.54, 1.807) is 24.3 Å². The smallest absolute Gasteiger partial charge is 0.146 e. The van der Waals surface area contributed by atoms with Crippen LogP contribution in [0.3, 0.4) is 0 Å². The molecule has 3 nitrogen and oxygen atoms in total. The second-order valence-electron chi connectivity index (χ2n) is 4.09. The Bertz CT molecular complexity index is 641. The number of ether oxygens (including phenoxy) is 1. The third kappa shape index (κ3) is 3.19. The molecule has 0 radical (unpaired) electrons. The van der Waals surface area contributed by atoms with Crippen molar-refractivity contribution in [2.75, 3.05) is 0 Å². The zero-order chi connectivity index (χ0) is 14.0. The van der Waals surface area contributed by atoms with Crippen molar-refractivity contribution in [3.05, 3.63) is 57.6 Å². The third-order valence-electron chi connectivity index (χ3n) is 2.54. The maximum absolute atomic E-state index is 7.54. The molecule has 0 saturated carbocycles. The average Bonchev–Trinajstić information content (AvgIpc) is 2.35. The zero-order valence-corrected chi connectivity index (χ0v) is 11.7. The van der Waals surface area contributed by atoms with E-state index in [9.17, 15) is 0 Å². The van der Waals surface area contributed by atoms with Gasteiger partial charge in [0.2, 0.25) is 0 Å². The fourth-order valence-electron chi connectivity index (χ4n) is 1.61. The second-order valence-corrected chi connectivity index (χ2v) is 4.93. The SMILES string of the molecule is Cc1ccc(Cl)c(Oc2ccc(Cl)cc2C(=N)N)c1. The average molecular weight is 295 g/mol. The maximum Gasteiger partial charge on any atom is 0.146 e. The Balaban J connectivity index is 2.43. The van der Waals surface area contributed by atoms with Crippen LogP contribution in [0, 0.1) is 12.3 Å². The number of amidine groups is 1. The lowest BCUT2D eigenvalue weighted by molar-refractivity contribution is 0.481. The molecule has 0 aromatic heterocycles. The van der Waals surface area contributed by atoms with Crippen molar-refractivity contribution in [3.8, 4) is 11.5 Å². The Labute approximate surface area is 121 Å². The molecule has 2 aromatic rings. The van der Waals surface area contributed by atoms with Crippen molar-refractivity contribution < 1.29 is 4.74 Å². The van der Waals surface area contributed by atoms with Crippen molar-refractivity contribution in [2.45, 2.75) is 6.92 Å². The highest BCUT2D eigenvalue weighted by Gasteiger charge is 2.10. The van der Waals surface area contributed by atoms with Crippen LogP contribution in [0.2, 0.25) is 10.0 Å². The van der Waals surface area contributed by atoms with Gasteiger partial charge < -0.3 is 10.5 Å². The first-order valence-electron chi connectivity index (χ1n) is 5.55. The van der Waals surface area contributed by atoms with Crippen LogP contribution < -0.4 is 10.5 Å². The number of nitrogens with two attached hydrogens (primary N) is 1. The Morgan fingerprint density at radius 3 is 2.53 bits per heavy atom. The lowest BCUT2D eigenvalue weighted by Gasteiger charge is -2.12. The number of hydrogen-bond donors (Lipinski definition) is 2. The van der Waals surface area contributed by atoms with Crippen LogP contribution in [0.25, 0.3) is 0 Å². The Morgan fingerprint density at radius 2 is 1.84 bits per heavy atom. The van der Waals surface area contributed by atoms with E-state index in [0.717, 1.165) is 5.56 Å². The monoisotopic (exact) mass is 294 g/mol. The Morgan fingerprint density at radius 1 is 1.11 bits per heavy atom. The van der Waals surface area contributed by atoms with Gasteiger partial charge in [-0.3, -0.25) is 5.41 Å². The first-order valence-corrected chi connectivity index (χ1v) is 6.31. The van der Waals surface area contributed by atoms with Crippen LogP contribution in [0.4, 0.5) is 0 Å². The molecule has 0 amide bonds. The molecular formula is C14H12Cl2N2O. The van der Waals surface area contributed by atoms with E-state index in [2.05, 4.69) is 0 Å². The lowest BCUT2D eigenvalue weighted by atomic mass is 10.2. The predicted octanol–water partition coefficient (Wildman–Crippen LogP) is 4.38. The van der Waals surface area contributed by atoms with E-state index >= 15 is 0 Å². The molecular weight excluding hydrogens is 283 g/mol. The second kappa shape index (κ2) is 5.51. The number of nitrogen functional groups attached to an aromatic ring is 1. The number of halogens is 2. The van der Waals surface area contributed by atoms with Gasteiger partial charge in [-0.2, -0.15) is 0 Å². The van der Waals surface area contributed by atoms with E-state index in [1.165, 1.54) is 0 Å². The zero-order valence-electron chi connectivity index (χ0n) is 10.2. The summed E-state index contributed by atoms with van der Waals surface area (Å²) >= 11 is 12.0. The number of hydrogen-bond acceptors (Lipinski definition) is 2. The standard InChI is InChI=1S/C14H12Cl2N2O/c1-8-2-4-11(16)13(6-8)19-12-5-3-9(15)7-10(12)14(17)18/h2-7H,1H3,(H3,17,18). The van der Waals surface area contributed by atoms with Crippen LogP contribution in [-0.2, 0) is 0 Å². The van der Waals surface area contributed by atoms with E-state index in [0.29, 0.717) is 27.1 Å². The number of benzene rings is 2. The molecule has 2 aromatic carbocycles. The van der Waals surface area contributed by atoms with Gasteiger partial charge in [-0.05, 0) is 42.8 Å². The van der Waals surface area contributed by atoms with Gasteiger partial charge in [-0.15, -0.1) is 0 Å². The van der Waals surface area contributed by atoms with E-state index in [-0.39, 0.29) is 5.84 Å². The molecule has 5 heteroatoms. The van der Waals surface area contributed by atoms with Crippen LogP contribution in [0.15, 0.2) is 36.4 Å². The van der Waals surface area contributed by atoms with Crippen LogP contribution in [-0.4, -0.2) is 5.84 Å². The van der Waals surface area contributed by atoms with Gasteiger partial charge in [-0.1, -0.05) is 29.3 Å². The molecule has 0 fully saturated rings. The van der Waals surface area contributed by atoms with Crippen molar-refractivity contribution in [1.82, 2.24) is 0 Å². The van der Waals surface area contributed by atoms with Gasteiger partial charge in [0.1, 0.15) is 17.3 Å². The maximum atomic E-state index is 7.54. The Hall–Kier alpha value is -1.71. The van der Waals surface area contributed by atoms with Gasteiger partial charge in [0.05, 0.1) is 10.6 Å². The summed E-state index contributed by atoms with van der Waals surface area (Å²) in [4.78, 5) is 0. The van der Waals surface area contributed by atoms with Gasteiger partial charge in [0.15, 0.2) is 0 Å². The molecule has 0 aliphatic carbocycles. The van der Waals surface area contributed by atoms with Gasteiger partial charge in [-0.25, -0.2) is 0 Å². The van der Waals surface area contributed by atoms with Gasteiger partial charge in [0.25, 0.3) is 0 Å². The fraction of sp³-hybridized carbons (Fsp3) is 0.0714. The molecule has 0 unspecified atom stereocenters. The van der Waals surface area contributed by atoms with Crippen LogP contribution in [0.5, 0.6) is 11.5 Å². The molecule has 0 atom stereocenters. The molecule has 0 saturated heterocycles. The normalized spacial score (nSPS) is 10.3. The summed E-state index contributed by atoms with van der Waals surface area (Å²) < 4.78 is 5.73. The van der Waals surface area contributed by atoms with Crippen molar-refractivity contribution in [3.63, 3.8) is 0 Å². The number of aryl methyl sites for hydroxylation is 1. The summed E-state index contributed by atoms with van der Waals surface area (Å²) in [6.07, 6.45) is 0.